The molecular weight excluding hydrogens is 429 g/mol. The highest BCUT2D eigenvalue weighted by Crippen LogP contribution is 2.22. The van der Waals surface area contributed by atoms with Crippen LogP contribution in [0.5, 0.6) is 11.5 Å². The van der Waals surface area contributed by atoms with Gasteiger partial charge in [-0.1, -0.05) is 12.1 Å². The number of hydrogen-bond donors (Lipinski definition) is 1. The summed E-state index contributed by atoms with van der Waals surface area (Å²) < 4.78 is 26.5. The second-order valence-electron chi connectivity index (χ2n) is 7.27. The Hall–Kier alpha value is -4.21. The number of methoxy groups -OCH3 is 2. The Labute approximate surface area is 188 Å². The summed E-state index contributed by atoms with van der Waals surface area (Å²) in [6.07, 6.45) is 2.90. The summed E-state index contributed by atoms with van der Waals surface area (Å²) in [5, 5.41) is 7.42. The van der Waals surface area contributed by atoms with Gasteiger partial charge in [-0.25, -0.2) is 14.1 Å². The molecule has 10 heteroatoms. The van der Waals surface area contributed by atoms with Crippen LogP contribution >= 0.6 is 0 Å². The van der Waals surface area contributed by atoms with Crippen LogP contribution in [0.3, 0.4) is 0 Å². The van der Waals surface area contributed by atoms with Crippen LogP contribution < -0.4 is 20.3 Å². The number of nitrogens with zero attached hydrogens (tertiary/aromatic N) is 4. The van der Waals surface area contributed by atoms with Crippen LogP contribution in [0.2, 0.25) is 0 Å². The zero-order chi connectivity index (χ0) is 23.4. The standard InChI is InChI=1S/C23H22FN5O4/c1-32-18-9-16(10-19(11-18)33-2)22(30)25-7-8-29-21-20(12-27-29)23(31)28(14-26-21)13-15-3-5-17(24)6-4-15/h3-6,9-12,14H,7-8,13H2,1-2H3,(H,25,30). The summed E-state index contributed by atoms with van der Waals surface area (Å²) in [5.74, 6) is 0.397. The molecule has 1 amide bonds. The largest absolute Gasteiger partial charge is 0.497 e. The first-order valence-electron chi connectivity index (χ1n) is 10.1. The Morgan fingerprint density at radius 3 is 2.45 bits per heavy atom. The van der Waals surface area contributed by atoms with E-state index in [1.54, 1.807) is 35.0 Å². The van der Waals surface area contributed by atoms with Crippen molar-refractivity contribution >= 4 is 16.9 Å². The highest BCUT2D eigenvalue weighted by molar-refractivity contribution is 5.95. The molecule has 0 aliphatic heterocycles. The summed E-state index contributed by atoms with van der Waals surface area (Å²) in [6.45, 7) is 0.869. The molecule has 2 aromatic carbocycles. The Morgan fingerprint density at radius 2 is 1.79 bits per heavy atom. The zero-order valence-corrected chi connectivity index (χ0v) is 18.1. The minimum Gasteiger partial charge on any atom is -0.497 e. The third-order valence-corrected chi connectivity index (χ3v) is 5.11. The number of fused-ring (bicyclic) bond motifs is 1. The predicted molar refractivity (Wildman–Crippen MR) is 119 cm³/mol. The van der Waals surface area contributed by atoms with Gasteiger partial charge in [-0.2, -0.15) is 5.10 Å². The molecule has 0 unspecified atom stereocenters. The first-order chi connectivity index (χ1) is 16.0. The second-order valence-corrected chi connectivity index (χ2v) is 7.27. The third kappa shape index (κ3) is 4.84. The van der Waals surface area contributed by atoms with Crippen molar-refractivity contribution in [3.8, 4) is 11.5 Å². The smallest absolute Gasteiger partial charge is 0.264 e. The summed E-state index contributed by atoms with van der Waals surface area (Å²) >= 11 is 0. The maximum atomic E-state index is 13.1. The Balaban J connectivity index is 1.44. The molecule has 0 aliphatic rings. The summed E-state index contributed by atoms with van der Waals surface area (Å²) in [7, 11) is 3.03. The normalized spacial score (nSPS) is 10.9. The van der Waals surface area contributed by atoms with Crippen LogP contribution in [-0.2, 0) is 13.1 Å². The molecule has 4 rings (SSSR count). The Bertz CT molecular complexity index is 1330. The van der Waals surface area contributed by atoms with Crippen molar-refractivity contribution in [2.75, 3.05) is 20.8 Å². The van der Waals surface area contributed by atoms with Crippen LogP contribution in [0.4, 0.5) is 4.39 Å². The highest BCUT2D eigenvalue weighted by atomic mass is 19.1. The number of benzene rings is 2. The molecule has 0 saturated heterocycles. The lowest BCUT2D eigenvalue weighted by Gasteiger charge is -2.10. The summed E-state index contributed by atoms with van der Waals surface area (Å²) in [4.78, 5) is 29.7. The average Bonchev–Trinajstić information content (AvgIpc) is 3.25. The van der Waals surface area contributed by atoms with Gasteiger partial charge in [0, 0.05) is 18.2 Å². The molecule has 0 saturated carbocycles. The van der Waals surface area contributed by atoms with Gasteiger partial charge >= 0.3 is 0 Å². The van der Waals surface area contributed by atoms with Gasteiger partial charge in [0.25, 0.3) is 11.5 Å². The highest BCUT2D eigenvalue weighted by Gasteiger charge is 2.12. The van der Waals surface area contributed by atoms with Gasteiger partial charge in [-0.15, -0.1) is 0 Å². The average molecular weight is 451 g/mol. The molecule has 2 heterocycles. The number of hydrogen-bond acceptors (Lipinski definition) is 6. The number of ether oxygens (including phenoxy) is 2. The van der Waals surface area contributed by atoms with Gasteiger partial charge in [0.15, 0.2) is 5.65 Å². The lowest BCUT2D eigenvalue weighted by molar-refractivity contribution is 0.0951. The van der Waals surface area contributed by atoms with Gasteiger partial charge in [-0.3, -0.25) is 14.2 Å². The van der Waals surface area contributed by atoms with E-state index in [0.29, 0.717) is 34.6 Å². The second kappa shape index (κ2) is 9.51. The molecule has 4 aromatic rings. The van der Waals surface area contributed by atoms with E-state index >= 15 is 0 Å². The molecule has 0 atom stereocenters. The van der Waals surface area contributed by atoms with E-state index in [9.17, 15) is 14.0 Å². The van der Waals surface area contributed by atoms with Crippen molar-refractivity contribution in [3.63, 3.8) is 0 Å². The van der Waals surface area contributed by atoms with Gasteiger partial charge in [0.2, 0.25) is 0 Å². The van der Waals surface area contributed by atoms with E-state index in [1.165, 1.54) is 43.4 Å². The number of rotatable bonds is 8. The summed E-state index contributed by atoms with van der Waals surface area (Å²) in [5.41, 5.74) is 1.36. The van der Waals surface area contributed by atoms with Crippen LogP contribution in [0.1, 0.15) is 15.9 Å². The molecule has 2 aromatic heterocycles. The number of carbonyl (C=O) groups excluding carboxylic acids is 1. The maximum Gasteiger partial charge on any atom is 0.264 e. The topological polar surface area (TPSA) is 100 Å². The first kappa shape index (κ1) is 22.0. The molecule has 9 nitrogen and oxygen atoms in total. The van der Waals surface area contributed by atoms with Crippen LogP contribution in [0, 0.1) is 5.82 Å². The van der Waals surface area contributed by atoms with Gasteiger partial charge < -0.3 is 14.8 Å². The van der Waals surface area contributed by atoms with Gasteiger partial charge in [-0.05, 0) is 29.8 Å². The van der Waals surface area contributed by atoms with E-state index in [0.717, 1.165) is 5.56 Å². The number of amides is 1. The fourth-order valence-corrected chi connectivity index (χ4v) is 3.38. The maximum absolute atomic E-state index is 13.1. The van der Waals surface area contributed by atoms with Crippen LogP contribution in [0.15, 0.2) is 59.8 Å². The van der Waals surface area contributed by atoms with E-state index in [4.69, 9.17) is 9.47 Å². The molecular formula is C23H22FN5O4. The molecule has 0 bridgehead atoms. The predicted octanol–water partition coefficient (Wildman–Crippen LogP) is 2.23. The molecule has 33 heavy (non-hydrogen) atoms. The molecule has 0 radical (unpaired) electrons. The van der Waals surface area contributed by atoms with Gasteiger partial charge in [0.1, 0.15) is 29.0 Å². The minimum absolute atomic E-state index is 0.247. The van der Waals surface area contributed by atoms with Crippen molar-refractivity contribution in [3.05, 3.63) is 82.3 Å². The van der Waals surface area contributed by atoms with E-state index < -0.39 is 0 Å². The number of carbonyl (C=O) groups is 1. The van der Waals surface area contributed by atoms with Crippen LogP contribution in [-0.4, -0.2) is 46.0 Å². The van der Waals surface area contributed by atoms with Crippen molar-refractivity contribution in [1.29, 1.82) is 0 Å². The summed E-state index contributed by atoms with van der Waals surface area (Å²) in [6, 6.07) is 10.9. The lowest BCUT2D eigenvalue weighted by Crippen LogP contribution is -2.28. The molecule has 170 valence electrons. The van der Waals surface area contributed by atoms with E-state index in [2.05, 4.69) is 15.4 Å². The van der Waals surface area contributed by atoms with Crippen molar-refractivity contribution in [2.45, 2.75) is 13.1 Å². The van der Waals surface area contributed by atoms with Gasteiger partial charge in [0.05, 0.1) is 33.5 Å². The number of nitrogens with one attached hydrogen (secondary N) is 1. The fraction of sp³-hybridized carbons (Fsp3) is 0.217. The van der Waals surface area contributed by atoms with Crippen molar-refractivity contribution in [1.82, 2.24) is 24.6 Å². The Morgan fingerprint density at radius 1 is 1.09 bits per heavy atom. The quantitative estimate of drug-likeness (QED) is 0.441. The number of halogens is 1. The van der Waals surface area contributed by atoms with Crippen LogP contribution in [0.25, 0.3) is 11.0 Å². The third-order valence-electron chi connectivity index (χ3n) is 5.11. The SMILES string of the molecule is COc1cc(OC)cc(C(=O)NCCn2ncc3c(=O)n(Cc4ccc(F)cc4)cnc32)c1. The van der Waals surface area contributed by atoms with Crippen molar-refractivity contribution < 1.29 is 18.7 Å². The lowest BCUT2D eigenvalue weighted by atomic mass is 10.2. The van der Waals surface area contributed by atoms with E-state index in [-0.39, 0.29) is 30.4 Å². The first-order valence-corrected chi connectivity index (χ1v) is 10.1. The molecule has 1 N–H and O–H groups in total. The molecule has 0 spiro atoms. The Kier molecular flexibility index (Phi) is 6.34. The number of aromatic nitrogens is 4. The fourth-order valence-electron chi connectivity index (χ4n) is 3.38. The zero-order valence-electron chi connectivity index (χ0n) is 18.1. The van der Waals surface area contributed by atoms with E-state index in [1.807, 2.05) is 0 Å². The molecule has 0 aliphatic carbocycles. The molecule has 0 fully saturated rings. The monoisotopic (exact) mass is 451 g/mol. The minimum atomic E-state index is -0.335. The van der Waals surface area contributed by atoms with Crippen molar-refractivity contribution in [2.24, 2.45) is 0 Å².